The number of rotatable bonds is 5. The molecule has 0 radical (unpaired) electrons. The summed E-state index contributed by atoms with van der Waals surface area (Å²) in [6.45, 7) is 0. The van der Waals surface area contributed by atoms with E-state index in [4.69, 9.17) is 11.5 Å². The van der Waals surface area contributed by atoms with Crippen molar-refractivity contribution in [2.24, 2.45) is 7.05 Å². The van der Waals surface area contributed by atoms with Crippen LogP contribution in [0.5, 0.6) is 0 Å². The third-order valence-corrected chi connectivity index (χ3v) is 2.20. The largest absolute Gasteiger partial charge is 0.480 e. The van der Waals surface area contributed by atoms with Gasteiger partial charge in [0.15, 0.2) is 0 Å². The number of aliphatic carboxylic acids is 1. The first-order valence-electron chi connectivity index (χ1n) is 5.17. The molecule has 1 atom stereocenters. The van der Waals surface area contributed by atoms with Gasteiger partial charge in [0, 0.05) is 25.7 Å². The molecule has 94 valence electrons. The molecule has 1 rings (SSSR count). The van der Waals surface area contributed by atoms with E-state index >= 15 is 0 Å². The van der Waals surface area contributed by atoms with Crippen molar-refractivity contribution < 1.29 is 14.7 Å². The molecule has 6 heteroatoms. The van der Waals surface area contributed by atoms with Gasteiger partial charge in [-0.25, -0.2) is 4.79 Å². The smallest absolute Gasteiger partial charge is 0.327 e. The van der Waals surface area contributed by atoms with Crippen LogP contribution in [0.1, 0.15) is 12.1 Å². The van der Waals surface area contributed by atoms with E-state index in [1.54, 1.807) is 24.0 Å². The third-order valence-electron chi connectivity index (χ3n) is 2.20. The maximum atomic E-state index is 11.5. The molecule has 1 aromatic heterocycles. The molecule has 0 fully saturated rings. The van der Waals surface area contributed by atoms with Crippen LogP contribution in [0.2, 0.25) is 0 Å². The minimum atomic E-state index is -1.16. The van der Waals surface area contributed by atoms with Gasteiger partial charge in [-0.05, 0) is 12.1 Å². The van der Waals surface area contributed by atoms with Gasteiger partial charge in [0.25, 0.3) is 0 Å². The Bertz CT molecular complexity index is 511. The summed E-state index contributed by atoms with van der Waals surface area (Å²) in [6, 6.07) is 0.651. The average Bonchev–Trinajstić information content (AvgIpc) is 2.71. The van der Waals surface area contributed by atoms with Crippen molar-refractivity contribution in [1.82, 2.24) is 15.1 Å². The first kappa shape index (κ1) is 13.5. The molecule has 6 nitrogen and oxygen atoms in total. The Morgan fingerprint density at radius 3 is 2.94 bits per heavy atom. The fraction of sp³-hybridized carbons (Fsp3) is 0.250. The van der Waals surface area contributed by atoms with Crippen LogP contribution in [-0.2, 0) is 16.6 Å². The second-order valence-corrected chi connectivity index (χ2v) is 3.52. The quantitative estimate of drug-likeness (QED) is 0.567. The Morgan fingerprint density at radius 1 is 1.72 bits per heavy atom. The Morgan fingerprint density at radius 2 is 2.44 bits per heavy atom. The first-order valence-corrected chi connectivity index (χ1v) is 5.17. The van der Waals surface area contributed by atoms with Crippen LogP contribution in [0, 0.1) is 12.3 Å². The molecule has 0 aliphatic rings. The van der Waals surface area contributed by atoms with Gasteiger partial charge in [0.2, 0.25) is 5.91 Å². The summed E-state index contributed by atoms with van der Waals surface area (Å²) in [6.07, 6.45) is 9.34. The summed E-state index contributed by atoms with van der Waals surface area (Å²) in [5.41, 5.74) is 0.731. The molecular weight excluding hydrogens is 234 g/mol. The van der Waals surface area contributed by atoms with E-state index in [1.165, 1.54) is 12.2 Å². The number of carbonyl (C=O) groups is 2. The number of nitrogens with one attached hydrogen (secondary N) is 1. The summed E-state index contributed by atoms with van der Waals surface area (Å²) in [7, 11) is 1.73. The first-order chi connectivity index (χ1) is 8.54. The van der Waals surface area contributed by atoms with E-state index in [0.29, 0.717) is 0 Å². The Hall–Kier alpha value is -2.55. The van der Waals surface area contributed by atoms with Crippen LogP contribution in [-0.4, -0.2) is 32.8 Å². The second kappa shape index (κ2) is 6.25. The fourth-order valence-corrected chi connectivity index (χ4v) is 1.25. The highest BCUT2D eigenvalue weighted by molar-refractivity contribution is 5.94. The number of hydrogen-bond acceptors (Lipinski definition) is 3. The monoisotopic (exact) mass is 247 g/mol. The van der Waals surface area contributed by atoms with Crippen LogP contribution in [0.15, 0.2) is 18.3 Å². The van der Waals surface area contributed by atoms with Crippen molar-refractivity contribution in [3.8, 4) is 12.3 Å². The number of carboxylic acid groups (broad SMARTS) is 1. The number of hydrogen-bond donors (Lipinski definition) is 2. The van der Waals surface area contributed by atoms with Gasteiger partial charge in [0.1, 0.15) is 6.04 Å². The molecule has 2 N–H and O–H groups in total. The molecule has 0 aliphatic heterocycles. The SMILES string of the molecule is C#CCC(NC(=O)/C=C/c1ccnn1C)C(=O)O. The predicted octanol–water partition coefficient (Wildman–Crippen LogP) is 0.0260. The normalized spacial score (nSPS) is 12.0. The molecular formula is C12H13N3O3. The van der Waals surface area contributed by atoms with Crippen molar-refractivity contribution >= 4 is 18.0 Å². The number of terminal acetylenes is 1. The van der Waals surface area contributed by atoms with Crippen molar-refractivity contribution in [1.29, 1.82) is 0 Å². The van der Waals surface area contributed by atoms with E-state index in [9.17, 15) is 9.59 Å². The lowest BCUT2D eigenvalue weighted by atomic mass is 10.2. The molecule has 0 saturated carbocycles. The summed E-state index contributed by atoms with van der Waals surface area (Å²) in [5.74, 6) is 0.527. The standard InChI is InChI=1S/C12H13N3O3/c1-3-4-10(12(17)18)14-11(16)6-5-9-7-8-13-15(9)2/h1,5-8,10H,4H2,2H3,(H,14,16)(H,17,18)/b6-5+. The van der Waals surface area contributed by atoms with Crippen molar-refractivity contribution in [2.45, 2.75) is 12.5 Å². The summed E-state index contributed by atoms with van der Waals surface area (Å²) in [5, 5.41) is 15.0. The van der Waals surface area contributed by atoms with Gasteiger partial charge >= 0.3 is 5.97 Å². The Kier molecular flexibility index (Phi) is 4.69. The van der Waals surface area contributed by atoms with Crippen LogP contribution in [0.4, 0.5) is 0 Å². The van der Waals surface area contributed by atoms with Crippen LogP contribution in [0.25, 0.3) is 6.08 Å². The van der Waals surface area contributed by atoms with Gasteiger partial charge in [-0.3, -0.25) is 9.48 Å². The van der Waals surface area contributed by atoms with Crippen LogP contribution in [0.3, 0.4) is 0 Å². The van der Waals surface area contributed by atoms with E-state index in [2.05, 4.69) is 16.3 Å². The highest BCUT2D eigenvalue weighted by Gasteiger charge is 2.17. The third kappa shape index (κ3) is 3.79. The number of aryl methyl sites for hydroxylation is 1. The number of aromatic nitrogens is 2. The van der Waals surface area contributed by atoms with Crippen LogP contribution < -0.4 is 5.32 Å². The van der Waals surface area contributed by atoms with Gasteiger partial charge in [-0.1, -0.05) is 0 Å². The number of nitrogens with zero attached hydrogens (tertiary/aromatic N) is 2. The molecule has 1 aromatic rings. The van der Waals surface area contributed by atoms with E-state index < -0.39 is 17.9 Å². The predicted molar refractivity (Wildman–Crippen MR) is 65.3 cm³/mol. The highest BCUT2D eigenvalue weighted by atomic mass is 16.4. The topological polar surface area (TPSA) is 84.2 Å². The van der Waals surface area contributed by atoms with Gasteiger partial charge < -0.3 is 10.4 Å². The van der Waals surface area contributed by atoms with Gasteiger partial charge in [-0.2, -0.15) is 5.10 Å². The lowest BCUT2D eigenvalue weighted by Crippen LogP contribution is -2.39. The molecule has 0 aliphatic carbocycles. The maximum absolute atomic E-state index is 11.5. The van der Waals surface area contributed by atoms with Crippen molar-refractivity contribution in [3.63, 3.8) is 0 Å². The Balaban J connectivity index is 2.61. The molecule has 0 bridgehead atoms. The second-order valence-electron chi connectivity index (χ2n) is 3.52. The zero-order chi connectivity index (χ0) is 13.5. The van der Waals surface area contributed by atoms with E-state index in [0.717, 1.165) is 5.69 Å². The highest BCUT2D eigenvalue weighted by Crippen LogP contribution is 1.99. The van der Waals surface area contributed by atoms with Gasteiger partial charge in [0.05, 0.1) is 5.69 Å². The zero-order valence-corrected chi connectivity index (χ0v) is 9.83. The minimum absolute atomic E-state index is 0.0549. The average molecular weight is 247 g/mol. The summed E-state index contributed by atoms with van der Waals surface area (Å²) in [4.78, 5) is 22.2. The van der Waals surface area contributed by atoms with Gasteiger partial charge in [-0.15, -0.1) is 12.3 Å². The molecule has 0 spiro atoms. The number of carbonyl (C=O) groups excluding carboxylic acids is 1. The lowest BCUT2D eigenvalue weighted by molar-refractivity contribution is -0.141. The molecule has 1 unspecified atom stereocenters. The lowest BCUT2D eigenvalue weighted by Gasteiger charge is -2.09. The van der Waals surface area contributed by atoms with Crippen LogP contribution >= 0.6 is 0 Å². The van der Waals surface area contributed by atoms with E-state index in [1.807, 2.05) is 0 Å². The minimum Gasteiger partial charge on any atom is -0.480 e. The molecule has 0 aromatic carbocycles. The van der Waals surface area contributed by atoms with E-state index in [-0.39, 0.29) is 6.42 Å². The van der Waals surface area contributed by atoms with Crippen molar-refractivity contribution in [3.05, 3.63) is 24.0 Å². The zero-order valence-electron chi connectivity index (χ0n) is 9.83. The fourth-order valence-electron chi connectivity index (χ4n) is 1.25. The Labute approximate surface area is 104 Å². The summed E-state index contributed by atoms with van der Waals surface area (Å²) < 4.78 is 1.58. The van der Waals surface area contributed by atoms with Crippen molar-refractivity contribution in [2.75, 3.05) is 0 Å². The molecule has 1 heterocycles. The molecule has 1 amide bonds. The number of carboxylic acids is 1. The molecule has 0 saturated heterocycles. The maximum Gasteiger partial charge on any atom is 0.327 e. The number of amides is 1. The molecule has 18 heavy (non-hydrogen) atoms. The summed E-state index contributed by atoms with van der Waals surface area (Å²) >= 11 is 0.